The third-order valence-corrected chi connectivity index (χ3v) is 4.50. The smallest absolute Gasteiger partial charge is 0.265 e. The van der Waals surface area contributed by atoms with Crippen LogP contribution >= 0.6 is 0 Å². The second-order valence-corrected chi connectivity index (χ2v) is 6.06. The summed E-state index contributed by atoms with van der Waals surface area (Å²) in [7, 11) is -3.66. The lowest BCUT2D eigenvalue weighted by molar-refractivity contribution is 0.600. The summed E-state index contributed by atoms with van der Waals surface area (Å²) in [4.78, 5) is 0.173. The van der Waals surface area contributed by atoms with Crippen molar-refractivity contribution in [3.8, 4) is 0 Å². The SMILES string of the molecule is Cc1ccc(NS(=O)(=O)c2c(C)n[nH]c2C)cc1N. The van der Waals surface area contributed by atoms with Crippen LogP contribution in [0, 0.1) is 20.8 Å². The van der Waals surface area contributed by atoms with Crippen molar-refractivity contribution in [3.05, 3.63) is 35.2 Å². The Morgan fingerprint density at radius 1 is 1.26 bits per heavy atom. The first-order chi connectivity index (χ1) is 8.81. The zero-order chi connectivity index (χ0) is 14.2. The van der Waals surface area contributed by atoms with Gasteiger partial charge in [-0.25, -0.2) is 8.42 Å². The number of rotatable bonds is 3. The van der Waals surface area contributed by atoms with Gasteiger partial charge in [0.25, 0.3) is 10.0 Å². The minimum atomic E-state index is -3.66. The topological polar surface area (TPSA) is 101 Å². The number of nitrogens with one attached hydrogen (secondary N) is 2. The highest BCUT2D eigenvalue weighted by atomic mass is 32.2. The monoisotopic (exact) mass is 280 g/mol. The Balaban J connectivity index is 2.39. The number of nitrogens with two attached hydrogens (primary N) is 1. The van der Waals surface area contributed by atoms with Gasteiger partial charge in [-0.2, -0.15) is 5.10 Å². The molecule has 6 nitrogen and oxygen atoms in total. The molecular formula is C12H16N4O2S. The molecule has 0 aliphatic rings. The average Bonchev–Trinajstić information content (AvgIpc) is 2.64. The van der Waals surface area contributed by atoms with Gasteiger partial charge in [-0.15, -0.1) is 0 Å². The molecule has 4 N–H and O–H groups in total. The Labute approximate surface area is 112 Å². The lowest BCUT2D eigenvalue weighted by atomic mass is 10.2. The molecule has 0 bridgehead atoms. The lowest BCUT2D eigenvalue weighted by Crippen LogP contribution is -2.14. The van der Waals surface area contributed by atoms with Crippen LogP contribution in [0.3, 0.4) is 0 Å². The number of anilines is 2. The van der Waals surface area contributed by atoms with Gasteiger partial charge < -0.3 is 5.73 Å². The third-order valence-electron chi connectivity index (χ3n) is 2.86. The predicted octanol–water partition coefficient (Wildman–Crippen LogP) is 1.72. The van der Waals surface area contributed by atoms with Crippen LogP contribution in [0.4, 0.5) is 11.4 Å². The second kappa shape index (κ2) is 4.58. The quantitative estimate of drug-likeness (QED) is 0.745. The van der Waals surface area contributed by atoms with E-state index in [1.54, 1.807) is 32.0 Å². The van der Waals surface area contributed by atoms with Crippen molar-refractivity contribution in [2.75, 3.05) is 10.5 Å². The number of aryl methyl sites for hydroxylation is 3. The summed E-state index contributed by atoms with van der Waals surface area (Å²) in [6.45, 7) is 5.16. The Bertz CT molecular complexity index is 700. The van der Waals surface area contributed by atoms with E-state index >= 15 is 0 Å². The van der Waals surface area contributed by atoms with E-state index in [4.69, 9.17) is 5.73 Å². The molecular weight excluding hydrogens is 264 g/mol. The molecule has 0 aliphatic heterocycles. The van der Waals surface area contributed by atoms with Gasteiger partial charge in [0.05, 0.1) is 17.1 Å². The normalized spacial score (nSPS) is 11.5. The largest absolute Gasteiger partial charge is 0.398 e. The minimum absolute atomic E-state index is 0.173. The molecule has 1 aromatic carbocycles. The van der Waals surface area contributed by atoms with Crippen LogP contribution in [0.2, 0.25) is 0 Å². The van der Waals surface area contributed by atoms with Gasteiger partial charge in [0.2, 0.25) is 0 Å². The van der Waals surface area contributed by atoms with Crippen LogP contribution in [0.1, 0.15) is 17.0 Å². The fourth-order valence-corrected chi connectivity index (χ4v) is 3.27. The first kappa shape index (κ1) is 13.4. The van der Waals surface area contributed by atoms with E-state index in [0.717, 1.165) is 5.56 Å². The summed E-state index contributed by atoms with van der Waals surface area (Å²) >= 11 is 0. The summed E-state index contributed by atoms with van der Waals surface area (Å²) in [6.07, 6.45) is 0. The van der Waals surface area contributed by atoms with Crippen LogP contribution in [0.15, 0.2) is 23.1 Å². The van der Waals surface area contributed by atoms with Crippen LogP contribution in [0.5, 0.6) is 0 Å². The summed E-state index contributed by atoms with van der Waals surface area (Å²) in [6, 6.07) is 5.04. The molecule has 0 saturated heterocycles. The zero-order valence-corrected chi connectivity index (χ0v) is 11.8. The van der Waals surface area contributed by atoms with E-state index in [2.05, 4.69) is 14.9 Å². The summed E-state index contributed by atoms with van der Waals surface area (Å²) in [5, 5.41) is 6.54. The van der Waals surface area contributed by atoms with Gasteiger partial charge in [-0.3, -0.25) is 9.82 Å². The molecule has 0 saturated carbocycles. The number of H-pyrrole nitrogens is 1. The van der Waals surface area contributed by atoms with Crippen molar-refractivity contribution in [3.63, 3.8) is 0 Å². The van der Waals surface area contributed by atoms with Crippen molar-refractivity contribution in [1.29, 1.82) is 0 Å². The van der Waals surface area contributed by atoms with Gasteiger partial charge in [0.1, 0.15) is 4.90 Å². The molecule has 7 heteroatoms. The van der Waals surface area contributed by atoms with Gasteiger partial charge >= 0.3 is 0 Å². The first-order valence-electron chi connectivity index (χ1n) is 5.72. The summed E-state index contributed by atoms with van der Waals surface area (Å²) < 4.78 is 27.1. The highest BCUT2D eigenvalue weighted by molar-refractivity contribution is 7.92. The fourth-order valence-electron chi connectivity index (χ4n) is 1.85. The lowest BCUT2D eigenvalue weighted by Gasteiger charge is -2.09. The maximum Gasteiger partial charge on any atom is 0.265 e. The Morgan fingerprint density at radius 3 is 2.47 bits per heavy atom. The number of nitrogen functional groups attached to an aromatic ring is 1. The first-order valence-corrected chi connectivity index (χ1v) is 7.20. The maximum absolute atomic E-state index is 12.3. The van der Waals surface area contributed by atoms with Crippen LogP contribution < -0.4 is 10.5 Å². The molecule has 0 spiro atoms. The Kier molecular flexibility index (Phi) is 3.23. The third kappa shape index (κ3) is 2.55. The highest BCUT2D eigenvalue weighted by Gasteiger charge is 2.22. The number of hydrogen-bond acceptors (Lipinski definition) is 4. The number of sulfonamides is 1. The van der Waals surface area contributed by atoms with Crippen molar-refractivity contribution < 1.29 is 8.42 Å². The molecule has 19 heavy (non-hydrogen) atoms. The van der Waals surface area contributed by atoms with Crippen molar-refractivity contribution in [1.82, 2.24) is 10.2 Å². The van der Waals surface area contributed by atoms with Gasteiger partial charge in [0, 0.05) is 5.69 Å². The maximum atomic E-state index is 12.3. The van der Waals surface area contributed by atoms with E-state index in [9.17, 15) is 8.42 Å². The number of nitrogens with zero attached hydrogens (tertiary/aromatic N) is 1. The molecule has 0 atom stereocenters. The molecule has 0 aliphatic carbocycles. The predicted molar refractivity (Wildman–Crippen MR) is 74.5 cm³/mol. The van der Waals surface area contributed by atoms with Crippen LogP contribution in [-0.4, -0.2) is 18.6 Å². The molecule has 1 aromatic heterocycles. The number of aromatic amines is 1. The molecule has 1 heterocycles. The fraction of sp³-hybridized carbons (Fsp3) is 0.250. The minimum Gasteiger partial charge on any atom is -0.398 e. The highest BCUT2D eigenvalue weighted by Crippen LogP contribution is 2.23. The number of benzene rings is 1. The zero-order valence-electron chi connectivity index (χ0n) is 11.0. The molecule has 0 amide bonds. The van der Waals surface area contributed by atoms with Crippen molar-refractivity contribution in [2.24, 2.45) is 0 Å². The van der Waals surface area contributed by atoms with Crippen molar-refractivity contribution in [2.45, 2.75) is 25.7 Å². The molecule has 0 unspecified atom stereocenters. The summed E-state index contributed by atoms with van der Waals surface area (Å²) in [5.74, 6) is 0. The molecule has 102 valence electrons. The van der Waals surface area contributed by atoms with Crippen LogP contribution in [0.25, 0.3) is 0 Å². The van der Waals surface area contributed by atoms with E-state index in [-0.39, 0.29) is 4.90 Å². The van der Waals surface area contributed by atoms with Crippen LogP contribution in [-0.2, 0) is 10.0 Å². The van der Waals surface area contributed by atoms with Gasteiger partial charge in [0.15, 0.2) is 0 Å². The van der Waals surface area contributed by atoms with Gasteiger partial charge in [-0.1, -0.05) is 6.07 Å². The van der Waals surface area contributed by atoms with Gasteiger partial charge in [-0.05, 0) is 38.5 Å². The Hall–Kier alpha value is -2.02. The second-order valence-electron chi connectivity index (χ2n) is 4.44. The summed E-state index contributed by atoms with van der Waals surface area (Å²) in [5.41, 5.74) is 8.58. The van der Waals surface area contributed by atoms with E-state index in [1.807, 2.05) is 6.92 Å². The average molecular weight is 280 g/mol. The molecule has 2 aromatic rings. The van der Waals surface area contributed by atoms with E-state index in [0.29, 0.717) is 22.8 Å². The van der Waals surface area contributed by atoms with Crippen molar-refractivity contribution >= 4 is 21.4 Å². The van der Waals surface area contributed by atoms with E-state index < -0.39 is 10.0 Å². The van der Waals surface area contributed by atoms with E-state index in [1.165, 1.54) is 0 Å². The molecule has 0 radical (unpaired) electrons. The number of hydrogen-bond donors (Lipinski definition) is 3. The standard InChI is InChI=1S/C12H16N4O2S/c1-7-4-5-10(6-11(7)13)16-19(17,18)12-8(2)14-15-9(12)3/h4-6,16H,13H2,1-3H3,(H,14,15). The Morgan fingerprint density at radius 2 is 1.95 bits per heavy atom. The molecule has 2 rings (SSSR count). The number of aromatic nitrogens is 2. The molecule has 0 fully saturated rings.